The number of pyridine rings is 1. The average molecular weight is 361 g/mol. The smallest absolute Gasteiger partial charge is 0.253 e. The van der Waals surface area contributed by atoms with Crippen molar-refractivity contribution in [3.8, 4) is 0 Å². The number of fused-ring (bicyclic) bond motifs is 1. The molecule has 1 aromatic carbocycles. The molecule has 2 heterocycles. The molecule has 130 valence electrons. The molecule has 8 heteroatoms. The topological polar surface area (TPSA) is 94.6 Å². The molecular weight excluding hydrogens is 344 g/mol. The normalized spacial score (nSPS) is 13.2. The third-order valence-corrected chi connectivity index (χ3v) is 4.03. The number of carbonyl (C=O) groups is 2. The van der Waals surface area contributed by atoms with Gasteiger partial charge in [0.05, 0.1) is 30.9 Å². The van der Waals surface area contributed by atoms with E-state index in [1.165, 1.54) is 6.20 Å². The Morgan fingerprint density at radius 1 is 1.36 bits per heavy atom. The second-order valence-corrected chi connectivity index (χ2v) is 5.97. The number of benzene rings is 1. The summed E-state index contributed by atoms with van der Waals surface area (Å²) in [7, 11) is 0. The summed E-state index contributed by atoms with van der Waals surface area (Å²) in [5, 5.41) is 15.0. The minimum Gasteiger partial charge on any atom is -0.395 e. The summed E-state index contributed by atoms with van der Waals surface area (Å²) in [5.41, 5.74) is 1.79. The molecule has 7 nitrogen and oxygen atoms in total. The van der Waals surface area contributed by atoms with Crippen molar-refractivity contribution in [2.45, 2.75) is 6.54 Å². The number of anilines is 2. The zero-order valence-electron chi connectivity index (χ0n) is 13.3. The summed E-state index contributed by atoms with van der Waals surface area (Å²) >= 11 is 5.90. The molecular formula is C17H17ClN4O3. The van der Waals surface area contributed by atoms with Crippen LogP contribution in [0.15, 0.2) is 36.5 Å². The van der Waals surface area contributed by atoms with Gasteiger partial charge in [-0.1, -0.05) is 23.7 Å². The van der Waals surface area contributed by atoms with Crippen molar-refractivity contribution in [3.63, 3.8) is 0 Å². The van der Waals surface area contributed by atoms with Crippen LogP contribution in [0.2, 0.25) is 5.02 Å². The van der Waals surface area contributed by atoms with E-state index < -0.39 is 0 Å². The Hall–Kier alpha value is -2.64. The molecule has 0 bridgehead atoms. The first-order chi connectivity index (χ1) is 12.1. The largest absolute Gasteiger partial charge is 0.395 e. The van der Waals surface area contributed by atoms with Gasteiger partial charge in [-0.2, -0.15) is 0 Å². The molecule has 0 radical (unpaired) electrons. The summed E-state index contributed by atoms with van der Waals surface area (Å²) in [6, 6.07) is 8.85. The Balaban J connectivity index is 1.89. The van der Waals surface area contributed by atoms with Gasteiger partial charge in [-0.3, -0.25) is 9.59 Å². The van der Waals surface area contributed by atoms with Crippen molar-refractivity contribution in [1.82, 2.24) is 10.3 Å². The van der Waals surface area contributed by atoms with E-state index in [1.807, 2.05) is 12.1 Å². The predicted octanol–water partition coefficient (Wildman–Crippen LogP) is 1.42. The zero-order valence-corrected chi connectivity index (χ0v) is 14.1. The second kappa shape index (κ2) is 7.50. The highest BCUT2D eigenvalue weighted by Crippen LogP contribution is 2.30. The number of rotatable bonds is 5. The van der Waals surface area contributed by atoms with Crippen molar-refractivity contribution in [1.29, 1.82) is 0 Å². The number of nitrogens with one attached hydrogen (secondary N) is 2. The standard InChI is InChI=1S/C17H17ClN4O3/c18-13-3-1-11(2-4-13)10-22-14-7-12(17(25)19-5-6-23)8-20-16(14)21-9-15(22)24/h1-4,7-8,23H,5-6,9-10H2,(H,19,25)(H,20,21). The highest BCUT2D eigenvalue weighted by atomic mass is 35.5. The predicted molar refractivity (Wildman–Crippen MR) is 94.8 cm³/mol. The Bertz CT molecular complexity index is 795. The Kier molecular flexibility index (Phi) is 5.16. The second-order valence-electron chi connectivity index (χ2n) is 5.53. The summed E-state index contributed by atoms with van der Waals surface area (Å²) in [6.07, 6.45) is 1.44. The highest BCUT2D eigenvalue weighted by molar-refractivity contribution is 6.30. The lowest BCUT2D eigenvalue weighted by Crippen LogP contribution is -2.40. The Morgan fingerprint density at radius 3 is 2.84 bits per heavy atom. The van der Waals surface area contributed by atoms with Crippen LogP contribution in [-0.2, 0) is 11.3 Å². The fourth-order valence-corrected chi connectivity index (χ4v) is 2.65. The van der Waals surface area contributed by atoms with Crippen molar-refractivity contribution < 1.29 is 14.7 Å². The van der Waals surface area contributed by atoms with Crippen LogP contribution in [0.5, 0.6) is 0 Å². The van der Waals surface area contributed by atoms with E-state index in [0.29, 0.717) is 28.6 Å². The van der Waals surface area contributed by atoms with Crippen molar-refractivity contribution in [3.05, 3.63) is 52.7 Å². The quantitative estimate of drug-likeness (QED) is 0.749. The number of halogens is 1. The number of aliphatic hydroxyl groups is 1. The van der Waals surface area contributed by atoms with E-state index in [-0.39, 0.29) is 31.5 Å². The molecule has 0 saturated carbocycles. The van der Waals surface area contributed by atoms with Crippen LogP contribution >= 0.6 is 11.6 Å². The van der Waals surface area contributed by atoms with Crippen molar-refractivity contribution in [2.24, 2.45) is 0 Å². The number of hydrogen-bond donors (Lipinski definition) is 3. The van der Waals surface area contributed by atoms with Gasteiger partial charge in [-0.15, -0.1) is 0 Å². The van der Waals surface area contributed by atoms with Gasteiger partial charge in [0, 0.05) is 17.8 Å². The number of nitrogens with zero attached hydrogens (tertiary/aromatic N) is 2. The Labute approximate surface area is 149 Å². The molecule has 0 unspecified atom stereocenters. The van der Waals surface area contributed by atoms with Gasteiger partial charge >= 0.3 is 0 Å². The molecule has 1 aromatic heterocycles. The van der Waals surface area contributed by atoms with Gasteiger partial charge in [0.15, 0.2) is 5.82 Å². The van der Waals surface area contributed by atoms with Gasteiger partial charge in [0.25, 0.3) is 5.91 Å². The number of amides is 2. The summed E-state index contributed by atoms with van der Waals surface area (Å²) in [4.78, 5) is 30.3. The molecule has 2 aromatic rings. The lowest BCUT2D eigenvalue weighted by atomic mass is 10.1. The fourth-order valence-electron chi connectivity index (χ4n) is 2.53. The van der Waals surface area contributed by atoms with Gasteiger partial charge in [-0.05, 0) is 23.8 Å². The van der Waals surface area contributed by atoms with Crippen LogP contribution in [0.1, 0.15) is 15.9 Å². The number of carbonyl (C=O) groups excluding carboxylic acids is 2. The van der Waals surface area contributed by atoms with Crippen molar-refractivity contribution in [2.75, 3.05) is 29.9 Å². The van der Waals surface area contributed by atoms with Crippen LogP contribution in [0.25, 0.3) is 0 Å². The minimum atomic E-state index is -0.353. The molecule has 2 amide bonds. The van der Waals surface area contributed by atoms with Gasteiger partial charge < -0.3 is 20.6 Å². The van der Waals surface area contributed by atoms with Crippen LogP contribution in [0.4, 0.5) is 11.5 Å². The molecule has 1 aliphatic rings. The number of aromatic nitrogens is 1. The highest BCUT2D eigenvalue weighted by Gasteiger charge is 2.26. The molecule has 0 fully saturated rings. The molecule has 0 saturated heterocycles. The average Bonchev–Trinajstić information content (AvgIpc) is 2.63. The third kappa shape index (κ3) is 3.89. The zero-order chi connectivity index (χ0) is 17.8. The van der Waals surface area contributed by atoms with Crippen LogP contribution < -0.4 is 15.5 Å². The SMILES string of the molecule is O=C(NCCO)c1cnc2c(c1)N(Cc1ccc(Cl)cc1)C(=O)CN2. The van der Waals surface area contributed by atoms with Gasteiger partial charge in [-0.25, -0.2) is 4.98 Å². The maximum atomic E-state index is 12.4. The van der Waals surface area contributed by atoms with E-state index in [2.05, 4.69) is 15.6 Å². The lowest BCUT2D eigenvalue weighted by Gasteiger charge is -2.29. The number of hydrogen-bond acceptors (Lipinski definition) is 5. The number of aliphatic hydroxyl groups excluding tert-OH is 1. The van der Waals surface area contributed by atoms with E-state index in [9.17, 15) is 9.59 Å². The van der Waals surface area contributed by atoms with Crippen LogP contribution in [-0.4, -0.2) is 41.6 Å². The summed E-state index contributed by atoms with van der Waals surface area (Å²) < 4.78 is 0. The van der Waals surface area contributed by atoms with Gasteiger partial charge in [0.1, 0.15) is 0 Å². The molecule has 25 heavy (non-hydrogen) atoms. The Morgan fingerprint density at radius 2 is 2.12 bits per heavy atom. The summed E-state index contributed by atoms with van der Waals surface area (Å²) in [6.45, 7) is 0.506. The maximum Gasteiger partial charge on any atom is 0.253 e. The van der Waals surface area contributed by atoms with Crippen LogP contribution in [0.3, 0.4) is 0 Å². The molecule has 1 aliphatic heterocycles. The minimum absolute atomic E-state index is 0.114. The maximum absolute atomic E-state index is 12.4. The third-order valence-electron chi connectivity index (χ3n) is 3.78. The first kappa shape index (κ1) is 17.2. The van der Waals surface area contributed by atoms with E-state index in [0.717, 1.165) is 5.56 Å². The van der Waals surface area contributed by atoms with E-state index in [4.69, 9.17) is 16.7 Å². The molecule has 0 spiro atoms. The molecule has 3 rings (SSSR count). The first-order valence-corrected chi connectivity index (χ1v) is 8.14. The molecule has 3 N–H and O–H groups in total. The lowest BCUT2D eigenvalue weighted by molar-refractivity contribution is -0.117. The monoisotopic (exact) mass is 360 g/mol. The molecule has 0 aliphatic carbocycles. The fraction of sp³-hybridized carbons (Fsp3) is 0.235. The van der Waals surface area contributed by atoms with Gasteiger partial charge in [0.2, 0.25) is 5.91 Å². The summed E-state index contributed by atoms with van der Waals surface area (Å²) in [5.74, 6) is 0.0817. The van der Waals surface area contributed by atoms with Crippen LogP contribution in [0, 0.1) is 0 Å². The molecule has 0 atom stereocenters. The van der Waals surface area contributed by atoms with E-state index >= 15 is 0 Å². The first-order valence-electron chi connectivity index (χ1n) is 7.76. The van der Waals surface area contributed by atoms with Crippen molar-refractivity contribution >= 4 is 34.9 Å². The van der Waals surface area contributed by atoms with E-state index in [1.54, 1.807) is 23.1 Å².